The lowest BCUT2D eigenvalue weighted by atomic mass is 10.6. The molecule has 0 saturated heterocycles. The Morgan fingerprint density at radius 2 is 2.20 bits per heavy atom. The number of nitrogens with one attached hydrogen (secondary N) is 1. The Balaban J connectivity index is 3.16. The van der Waals surface area contributed by atoms with Crippen LogP contribution >= 0.6 is 34.2 Å². The van der Waals surface area contributed by atoms with Gasteiger partial charge in [-0.05, 0) is 29.0 Å². The van der Waals surface area contributed by atoms with E-state index in [1.54, 1.807) is 22.6 Å². The minimum atomic E-state index is -3.50. The SMILES string of the molecule is O=c1[nH]cnc(S(=O)(=O)CCCCl)c1I. The second-order valence-electron chi connectivity index (χ2n) is 2.71. The number of aromatic nitrogens is 2. The highest BCUT2D eigenvalue weighted by Gasteiger charge is 2.20. The van der Waals surface area contributed by atoms with Crippen LogP contribution in [-0.2, 0) is 9.84 Å². The number of halogens is 2. The Morgan fingerprint density at radius 1 is 1.53 bits per heavy atom. The van der Waals surface area contributed by atoms with E-state index in [0.29, 0.717) is 6.42 Å². The summed E-state index contributed by atoms with van der Waals surface area (Å²) in [6, 6.07) is 0. The molecule has 0 aliphatic rings. The largest absolute Gasteiger partial charge is 0.312 e. The normalized spacial score (nSPS) is 11.6. The third kappa shape index (κ3) is 3.15. The lowest BCUT2D eigenvalue weighted by Crippen LogP contribution is -2.19. The predicted molar refractivity (Wildman–Crippen MR) is 65.0 cm³/mol. The van der Waals surface area contributed by atoms with Gasteiger partial charge < -0.3 is 4.98 Å². The first-order chi connectivity index (χ1) is 6.99. The first-order valence-electron chi connectivity index (χ1n) is 4.01. The maximum Gasteiger partial charge on any atom is 0.265 e. The Labute approximate surface area is 105 Å². The molecule has 0 fully saturated rings. The van der Waals surface area contributed by atoms with E-state index >= 15 is 0 Å². The second-order valence-corrected chi connectivity index (χ2v) is 6.19. The third-order valence-electron chi connectivity index (χ3n) is 1.61. The highest BCUT2D eigenvalue weighted by molar-refractivity contribution is 14.1. The van der Waals surface area contributed by atoms with Crippen LogP contribution in [0.15, 0.2) is 16.1 Å². The van der Waals surface area contributed by atoms with Gasteiger partial charge in [0.25, 0.3) is 5.56 Å². The molecule has 1 heterocycles. The van der Waals surface area contributed by atoms with E-state index in [1.165, 1.54) is 0 Å². The van der Waals surface area contributed by atoms with Gasteiger partial charge >= 0.3 is 0 Å². The summed E-state index contributed by atoms with van der Waals surface area (Å²) in [5, 5.41) is -0.169. The average Bonchev–Trinajstić information content (AvgIpc) is 2.19. The molecule has 0 saturated carbocycles. The summed E-state index contributed by atoms with van der Waals surface area (Å²) in [6.45, 7) is 0. The third-order valence-corrected chi connectivity index (χ3v) is 4.96. The molecule has 8 heteroatoms. The minimum absolute atomic E-state index is 0.0877. The summed E-state index contributed by atoms with van der Waals surface area (Å²) in [5.74, 6) is 0.169. The Bertz CT molecular complexity index is 499. The fourth-order valence-electron chi connectivity index (χ4n) is 0.925. The summed E-state index contributed by atoms with van der Waals surface area (Å²) in [7, 11) is -3.50. The zero-order chi connectivity index (χ0) is 11.5. The van der Waals surface area contributed by atoms with Crippen LogP contribution in [0.5, 0.6) is 0 Å². The van der Waals surface area contributed by atoms with Crippen LogP contribution in [0.3, 0.4) is 0 Å². The molecule has 0 radical (unpaired) electrons. The van der Waals surface area contributed by atoms with Crippen molar-refractivity contribution in [2.45, 2.75) is 11.4 Å². The Hall–Kier alpha value is -0.150. The van der Waals surface area contributed by atoms with E-state index in [0.717, 1.165) is 6.33 Å². The lowest BCUT2D eigenvalue weighted by molar-refractivity contribution is 0.589. The molecule has 5 nitrogen and oxygen atoms in total. The molecule has 1 aromatic heterocycles. The average molecular weight is 363 g/mol. The maximum absolute atomic E-state index is 11.7. The molecule has 0 amide bonds. The van der Waals surface area contributed by atoms with Gasteiger partial charge in [-0.3, -0.25) is 4.79 Å². The zero-order valence-electron chi connectivity index (χ0n) is 7.53. The van der Waals surface area contributed by atoms with E-state index in [4.69, 9.17) is 11.6 Å². The number of H-pyrrole nitrogens is 1. The lowest BCUT2D eigenvalue weighted by Gasteiger charge is -2.02. The van der Waals surface area contributed by atoms with E-state index in [-0.39, 0.29) is 20.2 Å². The number of nitrogens with zero attached hydrogens (tertiary/aromatic N) is 1. The second kappa shape index (κ2) is 5.26. The standard InChI is InChI=1S/C7H8ClIN2O3S/c8-2-1-3-15(13,14)7-5(9)6(12)10-4-11-7/h4H,1-3H2,(H,10,11,12). The van der Waals surface area contributed by atoms with Gasteiger partial charge in [0.1, 0.15) is 3.57 Å². The summed E-state index contributed by atoms with van der Waals surface area (Å²) in [5.41, 5.74) is -0.449. The summed E-state index contributed by atoms with van der Waals surface area (Å²) < 4.78 is 23.5. The van der Waals surface area contributed by atoms with Crippen LogP contribution in [0.25, 0.3) is 0 Å². The van der Waals surface area contributed by atoms with Crippen LogP contribution in [0.1, 0.15) is 6.42 Å². The molecule has 0 aliphatic carbocycles. The number of hydrogen-bond acceptors (Lipinski definition) is 4. The summed E-state index contributed by atoms with van der Waals surface area (Å²) in [4.78, 5) is 17.1. The maximum atomic E-state index is 11.7. The Morgan fingerprint density at radius 3 is 2.80 bits per heavy atom. The van der Waals surface area contributed by atoms with E-state index in [9.17, 15) is 13.2 Å². The van der Waals surface area contributed by atoms with E-state index in [2.05, 4.69) is 9.97 Å². The number of aromatic amines is 1. The first-order valence-corrected chi connectivity index (χ1v) is 7.27. The van der Waals surface area contributed by atoms with Crippen molar-refractivity contribution in [2.75, 3.05) is 11.6 Å². The van der Waals surface area contributed by atoms with Crippen molar-refractivity contribution in [3.05, 3.63) is 20.3 Å². The first kappa shape index (κ1) is 12.9. The highest BCUT2D eigenvalue weighted by Crippen LogP contribution is 2.13. The van der Waals surface area contributed by atoms with Crippen LogP contribution in [0, 0.1) is 3.57 Å². The Kier molecular flexibility index (Phi) is 4.53. The summed E-state index contributed by atoms with van der Waals surface area (Å²) >= 11 is 7.07. The van der Waals surface area contributed by atoms with Crippen LogP contribution < -0.4 is 5.56 Å². The van der Waals surface area contributed by atoms with Crippen molar-refractivity contribution in [1.82, 2.24) is 9.97 Å². The number of alkyl halides is 1. The van der Waals surface area contributed by atoms with Gasteiger partial charge in [0.05, 0.1) is 12.1 Å². The number of hydrogen-bond donors (Lipinski definition) is 1. The molecule has 0 aliphatic heterocycles. The van der Waals surface area contributed by atoms with E-state index in [1.807, 2.05) is 0 Å². The molecule has 0 atom stereocenters. The molecule has 0 bridgehead atoms. The van der Waals surface area contributed by atoms with Crippen molar-refractivity contribution < 1.29 is 8.42 Å². The smallest absolute Gasteiger partial charge is 0.265 e. The van der Waals surface area contributed by atoms with Crippen LogP contribution in [-0.4, -0.2) is 30.0 Å². The fraction of sp³-hybridized carbons (Fsp3) is 0.429. The summed E-state index contributed by atoms with van der Waals surface area (Å²) in [6.07, 6.45) is 1.42. The molecule has 84 valence electrons. The van der Waals surface area contributed by atoms with Crippen molar-refractivity contribution in [2.24, 2.45) is 0 Å². The molecule has 0 unspecified atom stereocenters. The topological polar surface area (TPSA) is 79.9 Å². The van der Waals surface area contributed by atoms with Gasteiger partial charge in [0, 0.05) is 5.88 Å². The zero-order valence-corrected chi connectivity index (χ0v) is 11.3. The van der Waals surface area contributed by atoms with Crippen molar-refractivity contribution in [3.63, 3.8) is 0 Å². The van der Waals surface area contributed by atoms with E-state index < -0.39 is 15.4 Å². The van der Waals surface area contributed by atoms with Gasteiger partial charge in [0.15, 0.2) is 14.9 Å². The van der Waals surface area contributed by atoms with Gasteiger partial charge in [-0.2, -0.15) is 0 Å². The van der Waals surface area contributed by atoms with Crippen LogP contribution in [0.4, 0.5) is 0 Å². The fourth-order valence-corrected chi connectivity index (χ4v) is 3.82. The highest BCUT2D eigenvalue weighted by atomic mass is 127. The van der Waals surface area contributed by atoms with Crippen molar-refractivity contribution >= 4 is 44.0 Å². The molecule has 1 N–H and O–H groups in total. The molecule has 15 heavy (non-hydrogen) atoms. The monoisotopic (exact) mass is 362 g/mol. The molecule has 0 spiro atoms. The molecular weight excluding hydrogens is 355 g/mol. The molecule has 0 aromatic carbocycles. The van der Waals surface area contributed by atoms with Crippen molar-refractivity contribution in [3.8, 4) is 0 Å². The van der Waals surface area contributed by atoms with Gasteiger partial charge in [-0.25, -0.2) is 13.4 Å². The minimum Gasteiger partial charge on any atom is -0.312 e. The van der Waals surface area contributed by atoms with Gasteiger partial charge in [0.2, 0.25) is 0 Å². The van der Waals surface area contributed by atoms with Crippen molar-refractivity contribution in [1.29, 1.82) is 0 Å². The van der Waals surface area contributed by atoms with Gasteiger partial charge in [-0.1, -0.05) is 0 Å². The van der Waals surface area contributed by atoms with Gasteiger partial charge in [-0.15, -0.1) is 11.6 Å². The number of sulfone groups is 1. The molecular formula is C7H8ClIN2O3S. The van der Waals surface area contributed by atoms with Crippen LogP contribution in [0.2, 0.25) is 0 Å². The number of rotatable bonds is 4. The molecule has 1 rings (SSSR count). The molecule has 1 aromatic rings. The quantitative estimate of drug-likeness (QED) is 0.488. The predicted octanol–water partition coefficient (Wildman–Crippen LogP) is 0.777.